The van der Waals surface area contributed by atoms with Crippen molar-refractivity contribution in [3.63, 3.8) is 0 Å². The first-order chi connectivity index (χ1) is 5.61. The number of benzene rings is 1. The molecule has 0 bridgehead atoms. The molecule has 0 heterocycles. The molecule has 3 heteroatoms. The van der Waals surface area contributed by atoms with E-state index in [2.05, 4.69) is 0 Å². The summed E-state index contributed by atoms with van der Waals surface area (Å²) in [5.41, 5.74) is 1.14. The largest absolute Gasteiger partial charge is 0.281 e. The average Bonchev–Trinajstić information content (AvgIpc) is 1.98. The second kappa shape index (κ2) is 3.68. The van der Waals surface area contributed by atoms with Gasteiger partial charge in [0.1, 0.15) is 5.82 Å². The van der Waals surface area contributed by atoms with E-state index >= 15 is 0 Å². The highest BCUT2D eigenvalue weighted by Gasteiger charge is 2.05. The van der Waals surface area contributed by atoms with Crippen LogP contribution in [0.4, 0.5) is 4.39 Å². The molecule has 0 spiro atoms. The molecule has 0 amide bonds. The van der Waals surface area contributed by atoms with Gasteiger partial charge in [-0.15, -0.1) is 0 Å². The molecule has 0 N–H and O–H groups in total. The zero-order valence-electron chi connectivity index (χ0n) is 6.60. The number of halogens is 2. The van der Waals surface area contributed by atoms with Gasteiger partial charge in [-0.25, -0.2) is 4.39 Å². The molecule has 0 aliphatic rings. The van der Waals surface area contributed by atoms with Crippen LogP contribution < -0.4 is 0 Å². The van der Waals surface area contributed by atoms with Crippen molar-refractivity contribution < 1.29 is 9.18 Å². The molecule has 1 rings (SSSR count). The van der Waals surface area contributed by atoms with E-state index in [-0.39, 0.29) is 12.2 Å². The number of carbonyl (C=O) groups excluding carboxylic acids is 1. The predicted molar refractivity (Wildman–Crippen MR) is 45.7 cm³/mol. The van der Waals surface area contributed by atoms with E-state index in [0.29, 0.717) is 11.1 Å². The second-order valence-electron chi connectivity index (χ2n) is 2.56. The summed E-state index contributed by atoms with van der Waals surface area (Å²) in [6.45, 7) is 1.63. The van der Waals surface area contributed by atoms with Crippen LogP contribution in [-0.2, 0) is 11.2 Å². The quantitative estimate of drug-likeness (QED) is 0.649. The fraction of sp³-hybridized carbons (Fsp3) is 0.222. The van der Waals surface area contributed by atoms with Gasteiger partial charge in [0.2, 0.25) is 5.24 Å². The van der Waals surface area contributed by atoms with Gasteiger partial charge in [0.25, 0.3) is 0 Å². The molecule has 0 saturated carbocycles. The Morgan fingerprint density at radius 1 is 1.58 bits per heavy atom. The van der Waals surface area contributed by atoms with Gasteiger partial charge < -0.3 is 0 Å². The smallest absolute Gasteiger partial charge is 0.226 e. The molecule has 1 aromatic carbocycles. The second-order valence-corrected chi connectivity index (χ2v) is 2.98. The van der Waals surface area contributed by atoms with Gasteiger partial charge in [-0.05, 0) is 35.7 Å². The predicted octanol–water partition coefficient (Wildman–Crippen LogP) is 2.44. The third kappa shape index (κ3) is 2.05. The zero-order valence-corrected chi connectivity index (χ0v) is 7.36. The van der Waals surface area contributed by atoms with Crippen LogP contribution >= 0.6 is 11.6 Å². The van der Waals surface area contributed by atoms with Gasteiger partial charge in [0.05, 0.1) is 0 Å². The molecule has 0 aliphatic heterocycles. The van der Waals surface area contributed by atoms with E-state index in [1.807, 2.05) is 0 Å². The summed E-state index contributed by atoms with van der Waals surface area (Å²) < 4.78 is 12.9. The van der Waals surface area contributed by atoms with E-state index in [1.165, 1.54) is 6.07 Å². The number of hydrogen-bond acceptors (Lipinski definition) is 1. The Morgan fingerprint density at radius 2 is 2.25 bits per heavy atom. The van der Waals surface area contributed by atoms with Crippen LogP contribution in [0.3, 0.4) is 0 Å². The van der Waals surface area contributed by atoms with E-state index in [4.69, 9.17) is 11.6 Å². The van der Waals surface area contributed by atoms with E-state index < -0.39 is 5.24 Å². The molecule has 0 radical (unpaired) electrons. The van der Waals surface area contributed by atoms with E-state index in [0.717, 1.165) is 0 Å². The molecule has 1 aromatic rings. The van der Waals surface area contributed by atoms with Crippen molar-refractivity contribution in [3.8, 4) is 0 Å². The normalized spacial score (nSPS) is 9.92. The van der Waals surface area contributed by atoms with Gasteiger partial charge in [-0.2, -0.15) is 0 Å². The lowest BCUT2D eigenvalue weighted by atomic mass is 10.1. The summed E-state index contributed by atoms with van der Waals surface area (Å²) >= 11 is 5.18. The van der Waals surface area contributed by atoms with E-state index in [9.17, 15) is 9.18 Å². The van der Waals surface area contributed by atoms with Crippen LogP contribution in [0.5, 0.6) is 0 Å². The van der Waals surface area contributed by atoms with Gasteiger partial charge >= 0.3 is 0 Å². The van der Waals surface area contributed by atoms with Crippen LogP contribution in [0.1, 0.15) is 11.1 Å². The topological polar surface area (TPSA) is 17.1 Å². The summed E-state index contributed by atoms with van der Waals surface area (Å²) in [6, 6.07) is 4.62. The molecule has 0 aromatic heterocycles. The molecular weight excluding hydrogens is 179 g/mol. The van der Waals surface area contributed by atoms with Crippen molar-refractivity contribution in [1.29, 1.82) is 0 Å². The SMILES string of the molecule is Cc1c(F)cccc1CC(=O)Cl. The third-order valence-electron chi connectivity index (χ3n) is 1.71. The lowest BCUT2D eigenvalue weighted by molar-refractivity contribution is -0.111. The lowest BCUT2D eigenvalue weighted by Crippen LogP contribution is -1.97. The first-order valence-electron chi connectivity index (χ1n) is 3.53. The Hall–Kier alpha value is -0.890. The van der Waals surface area contributed by atoms with Gasteiger partial charge in [-0.1, -0.05) is 12.1 Å². The molecule has 0 aliphatic carbocycles. The first kappa shape index (κ1) is 9.20. The molecule has 0 unspecified atom stereocenters. The van der Waals surface area contributed by atoms with Crippen LogP contribution in [0.15, 0.2) is 18.2 Å². The van der Waals surface area contributed by atoms with Crippen LogP contribution in [0.25, 0.3) is 0 Å². The maximum absolute atomic E-state index is 12.9. The Balaban J connectivity index is 3.00. The maximum atomic E-state index is 12.9. The Bertz CT molecular complexity index is 309. The fourth-order valence-corrected chi connectivity index (χ4v) is 1.14. The summed E-state index contributed by atoms with van der Waals surface area (Å²) in [6.07, 6.45) is 0.0884. The lowest BCUT2D eigenvalue weighted by Gasteiger charge is -2.02. The Morgan fingerprint density at radius 3 is 2.83 bits per heavy atom. The highest BCUT2D eigenvalue weighted by Crippen LogP contribution is 2.13. The average molecular weight is 187 g/mol. The van der Waals surface area contributed by atoms with E-state index in [1.54, 1.807) is 19.1 Å². The molecule has 64 valence electrons. The number of carbonyl (C=O) groups is 1. The van der Waals surface area contributed by atoms with Crippen molar-refractivity contribution >= 4 is 16.8 Å². The third-order valence-corrected chi connectivity index (χ3v) is 1.84. The van der Waals surface area contributed by atoms with Gasteiger partial charge in [0.15, 0.2) is 0 Å². The minimum Gasteiger partial charge on any atom is -0.281 e. The summed E-state index contributed by atoms with van der Waals surface area (Å²) in [5, 5.41) is -0.469. The maximum Gasteiger partial charge on any atom is 0.226 e. The summed E-state index contributed by atoms with van der Waals surface area (Å²) in [4.78, 5) is 10.5. The number of hydrogen-bond donors (Lipinski definition) is 0. The highest BCUT2D eigenvalue weighted by molar-refractivity contribution is 6.63. The summed E-state index contributed by atoms with van der Waals surface area (Å²) in [5.74, 6) is -0.301. The first-order valence-corrected chi connectivity index (χ1v) is 3.91. The molecular formula is C9H8ClFO. The fourth-order valence-electron chi connectivity index (χ4n) is 0.993. The highest BCUT2D eigenvalue weighted by atomic mass is 35.5. The van der Waals surface area contributed by atoms with Crippen LogP contribution in [-0.4, -0.2) is 5.24 Å². The zero-order chi connectivity index (χ0) is 9.14. The van der Waals surface area contributed by atoms with Crippen molar-refractivity contribution in [1.82, 2.24) is 0 Å². The standard InChI is InChI=1S/C9H8ClFO/c1-6-7(5-9(10)12)3-2-4-8(6)11/h2-4H,5H2,1H3. The Kier molecular flexibility index (Phi) is 2.82. The molecule has 0 fully saturated rings. The minimum atomic E-state index is -0.469. The van der Waals surface area contributed by atoms with Gasteiger partial charge in [-0.3, -0.25) is 4.79 Å². The molecule has 0 atom stereocenters. The van der Waals surface area contributed by atoms with Crippen molar-refractivity contribution in [2.75, 3.05) is 0 Å². The van der Waals surface area contributed by atoms with Crippen LogP contribution in [0, 0.1) is 12.7 Å². The van der Waals surface area contributed by atoms with Gasteiger partial charge in [0, 0.05) is 6.42 Å². The molecule has 0 saturated heterocycles. The Labute approximate surface area is 75.2 Å². The summed E-state index contributed by atoms with van der Waals surface area (Å²) in [7, 11) is 0. The van der Waals surface area contributed by atoms with Crippen LogP contribution in [0.2, 0.25) is 0 Å². The van der Waals surface area contributed by atoms with Crippen molar-refractivity contribution in [2.24, 2.45) is 0 Å². The van der Waals surface area contributed by atoms with Crippen molar-refractivity contribution in [3.05, 3.63) is 35.1 Å². The number of rotatable bonds is 2. The molecule has 1 nitrogen and oxygen atoms in total. The monoisotopic (exact) mass is 186 g/mol. The minimum absolute atomic E-state index is 0.0884. The van der Waals surface area contributed by atoms with Crippen molar-refractivity contribution in [2.45, 2.75) is 13.3 Å². The molecule has 12 heavy (non-hydrogen) atoms.